The Labute approximate surface area is 90.8 Å². The maximum atomic E-state index is 4.50. The molecule has 1 heterocycles. The first kappa shape index (κ1) is 10.1. The average molecular weight is 200 g/mol. The summed E-state index contributed by atoms with van der Waals surface area (Å²) in [6, 6.07) is 2.36. The van der Waals surface area contributed by atoms with Gasteiger partial charge in [-0.25, -0.2) is 0 Å². The molecule has 2 unspecified atom stereocenters. The Morgan fingerprint density at radius 3 is 3.00 bits per heavy atom. The van der Waals surface area contributed by atoms with Gasteiger partial charge in [0.2, 0.25) is 0 Å². The van der Waals surface area contributed by atoms with Crippen molar-refractivity contribution in [3.8, 4) is 0 Å². The third-order valence-corrected chi connectivity index (χ3v) is 2.75. The van der Waals surface area contributed by atoms with E-state index in [2.05, 4.69) is 42.0 Å². The van der Waals surface area contributed by atoms with Crippen molar-refractivity contribution in [1.82, 2.24) is 4.98 Å². The van der Waals surface area contributed by atoms with Crippen LogP contribution in [0.15, 0.2) is 23.3 Å². The van der Waals surface area contributed by atoms with Crippen molar-refractivity contribution in [2.45, 2.75) is 26.8 Å². The fourth-order valence-electron chi connectivity index (χ4n) is 1.96. The van der Waals surface area contributed by atoms with E-state index in [0.29, 0.717) is 5.92 Å². The van der Waals surface area contributed by atoms with Gasteiger partial charge in [-0.1, -0.05) is 19.1 Å². The topological polar surface area (TPSA) is 25.2 Å². The summed E-state index contributed by atoms with van der Waals surface area (Å²) in [4.78, 5) is 9.00. The van der Waals surface area contributed by atoms with Crippen LogP contribution in [0, 0.1) is 12.8 Å². The van der Waals surface area contributed by atoms with Gasteiger partial charge in [-0.3, -0.25) is 9.98 Å². The van der Waals surface area contributed by atoms with Crippen molar-refractivity contribution >= 4 is 12.3 Å². The van der Waals surface area contributed by atoms with Gasteiger partial charge in [-0.2, -0.15) is 0 Å². The van der Waals surface area contributed by atoms with E-state index in [1.807, 2.05) is 19.3 Å². The molecule has 1 aliphatic rings. The minimum absolute atomic E-state index is 0.190. The van der Waals surface area contributed by atoms with Gasteiger partial charge in [0, 0.05) is 12.1 Å². The zero-order valence-electron chi connectivity index (χ0n) is 9.44. The van der Waals surface area contributed by atoms with Crippen LogP contribution in [0.5, 0.6) is 0 Å². The highest BCUT2D eigenvalue weighted by Gasteiger charge is 2.23. The van der Waals surface area contributed by atoms with Gasteiger partial charge in [-0.15, -0.1) is 0 Å². The van der Waals surface area contributed by atoms with Crippen LogP contribution >= 0.6 is 0 Å². The van der Waals surface area contributed by atoms with Gasteiger partial charge >= 0.3 is 0 Å². The molecule has 0 aliphatic heterocycles. The largest absolute Gasteiger partial charge is 0.287 e. The van der Waals surface area contributed by atoms with Crippen LogP contribution in [0.4, 0.5) is 0 Å². The second kappa shape index (κ2) is 3.97. The molecular weight excluding hydrogens is 184 g/mol. The zero-order chi connectivity index (χ0) is 10.8. The van der Waals surface area contributed by atoms with Crippen molar-refractivity contribution in [2.75, 3.05) is 0 Å². The summed E-state index contributed by atoms with van der Waals surface area (Å²) in [6.07, 6.45) is 8.15. The van der Waals surface area contributed by atoms with E-state index in [9.17, 15) is 0 Å². The van der Waals surface area contributed by atoms with E-state index in [4.69, 9.17) is 0 Å². The Hall–Kier alpha value is -1.44. The molecule has 15 heavy (non-hydrogen) atoms. The van der Waals surface area contributed by atoms with E-state index >= 15 is 0 Å². The molecule has 0 N–H and O–H groups in total. The number of aromatic nitrogens is 1. The minimum atomic E-state index is 0.190. The normalized spacial score (nSPS) is 24.5. The smallest absolute Gasteiger partial charge is 0.0981 e. The number of aliphatic imine (C=N–C) groups is 1. The van der Waals surface area contributed by atoms with Gasteiger partial charge in [0.05, 0.1) is 11.7 Å². The number of fused-ring (bicyclic) bond motifs is 1. The first-order valence-corrected chi connectivity index (χ1v) is 5.35. The maximum Gasteiger partial charge on any atom is 0.0981 e. The second-order valence-electron chi connectivity index (χ2n) is 4.06. The molecule has 2 heteroatoms. The molecular formula is C13H16N2. The van der Waals surface area contributed by atoms with Crippen molar-refractivity contribution < 1.29 is 0 Å². The molecule has 0 fully saturated rings. The lowest BCUT2D eigenvalue weighted by molar-refractivity contribution is 0.551. The molecule has 0 saturated heterocycles. The van der Waals surface area contributed by atoms with E-state index in [1.165, 1.54) is 11.1 Å². The monoisotopic (exact) mass is 200 g/mol. The molecule has 0 amide bonds. The SMILES string of the molecule is CC=NC1c2ncc(C)cc2C=CC1C. The standard InChI is InChI=1S/C13H16N2/c1-4-14-12-10(3)5-6-11-7-9(2)8-15-13(11)12/h4-8,10,12H,1-3H3. The van der Waals surface area contributed by atoms with E-state index < -0.39 is 0 Å². The molecule has 2 rings (SSSR count). The van der Waals surface area contributed by atoms with Gasteiger partial charge in [0.25, 0.3) is 0 Å². The lowest BCUT2D eigenvalue weighted by Gasteiger charge is -2.23. The predicted octanol–water partition coefficient (Wildman–Crippen LogP) is 3.18. The third-order valence-electron chi connectivity index (χ3n) is 2.75. The highest BCUT2D eigenvalue weighted by molar-refractivity contribution is 5.59. The summed E-state index contributed by atoms with van der Waals surface area (Å²) in [6.45, 7) is 6.20. The lowest BCUT2D eigenvalue weighted by atomic mass is 9.89. The number of hydrogen-bond donors (Lipinski definition) is 0. The van der Waals surface area contributed by atoms with Crippen LogP contribution in [0.1, 0.15) is 36.7 Å². The number of pyridine rings is 1. The molecule has 0 spiro atoms. The average Bonchev–Trinajstić information content (AvgIpc) is 2.22. The lowest BCUT2D eigenvalue weighted by Crippen LogP contribution is -2.13. The highest BCUT2D eigenvalue weighted by Crippen LogP contribution is 2.33. The van der Waals surface area contributed by atoms with E-state index in [0.717, 1.165) is 5.69 Å². The summed E-state index contributed by atoms with van der Waals surface area (Å²) in [5, 5.41) is 0. The van der Waals surface area contributed by atoms with Gasteiger partial charge in [0.1, 0.15) is 0 Å². The van der Waals surface area contributed by atoms with Crippen LogP contribution in [0.2, 0.25) is 0 Å². The van der Waals surface area contributed by atoms with Crippen molar-refractivity contribution in [1.29, 1.82) is 0 Å². The van der Waals surface area contributed by atoms with Crippen LogP contribution in [-0.2, 0) is 0 Å². The summed E-state index contributed by atoms with van der Waals surface area (Å²) in [7, 11) is 0. The highest BCUT2D eigenvalue weighted by atomic mass is 14.8. The molecule has 0 radical (unpaired) electrons. The fourth-order valence-corrected chi connectivity index (χ4v) is 1.96. The van der Waals surface area contributed by atoms with Crippen molar-refractivity contribution in [3.05, 3.63) is 35.2 Å². The number of hydrogen-bond acceptors (Lipinski definition) is 2. The molecule has 1 aromatic rings. The summed E-state index contributed by atoms with van der Waals surface area (Å²) >= 11 is 0. The third kappa shape index (κ3) is 1.84. The van der Waals surface area contributed by atoms with E-state index in [1.54, 1.807) is 0 Å². The summed E-state index contributed by atoms with van der Waals surface area (Å²) in [5.41, 5.74) is 3.52. The van der Waals surface area contributed by atoms with E-state index in [-0.39, 0.29) is 6.04 Å². The molecule has 0 bridgehead atoms. The molecule has 0 saturated carbocycles. The molecule has 0 aromatic carbocycles. The number of rotatable bonds is 1. The Morgan fingerprint density at radius 2 is 2.27 bits per heavy atom. The predicted molar refractivity (Wildman–Crippen MR) is 64.1 cm³/mol. The quantitative estimate of drug-likeness (QED) is 0.639. The number of aryl methyl sites for hydroxylation is 1. The Kier molecular flexibility index (Phi) is 2.67. The zero-order valence-corrected chi connectivity index (χ0v) is 9.44. The maximum absolute atomic E-state index is 4.50. The summed E-state index contributed by atoms with van der Waals surface area (Å²) < 4.78 is 0. The van der Waals surface area contributed by atoms with Crippen LogP contribution < -0.4 is 0 Å². The van der Waals surface area contributed by atoms with Crippen molar-refractivity contribution in [3.63, 3.8) is 0 Å². The Morgan fingerprint density at radius 1 is 1.47 bits per heavy atom. The first-order chi connectivity index (χ1) is 7.22. The first-order valence-electron chi connectivity index (χ1n) is 5.35. The van der Waals surface area contributed by atoms with Crippen LogP contribution in [-0.4, -0.2) is 11.2 Å². The molecule has 2 atom stereocenters. The Balaban J connectivity index is 2.49. The fraction of sp³-hybridized carbons (Fsp3) is 0.385. The molecule has 1 aromatic heterocycles. The molecule has 78 valence electrons. The summed E-state index contributed by atoms with van der Waals surface area (Å²) in [5.74, 6) is 0.434. The second-order valence-corrected chi connectivity index (χ2v) is 4.06. The number of nitrogens with zero attached hydrogens (tertiary/aromatic N) is 2. The van der Waals surface area contributed by atoms with Gasteiger partial charge in [0.15, 0.2) is 0 Å². The minimum Gasteiger partial charge on any atom is -0.287 e. The van der Waals surface area contributed by atoms with Gasteiger partial charge in [-0.05, 0) is 37.3 Å². The molecule has 1 aliphatic carbocycles. The van der Waals surface area contributed by atoms with Crippen LogP contribution in [0.25, 0.3) is 6.08 Å². The van der Waals surface area contributed by atoms with Crippen LogP contribution in [0.3, 0.4) is 0 Å². The molecule has 2 nitrogen and oxygen atoms in total. The van der Waals surface area contributed by atoms with Gasteiger partial charge < -0.3 is 0 Å². The van der Waals surface area contributed by atoms with Crippen molar-refractivity contribution in [2.24, 2.45) is 10.9 Å². The Bertz CT molecular complexity index is 419.